The highest BCUT2D eigenvalue weighted by molar-refractivity contribution is 6.01. The maximum Gasteiger partial charge on any atom is 0.268 e. The van der Waals surface area contributed by atoms with Crippen LogP contribution in [0.4, 0.5) is 5.69 Å². The molecule has 1 amide bonds. The Hall–Kier alpha value is -1.75. The molecule has 0 aliphatic carbocycles. The molecular weight excluding hydrogens is 282 g/mol. The highest BCUT2D eigenvalue weighted by atomic mass is 16.5. The maximum absolute atomic E-state index is 12.7. The molecule has 0 aromatic heterocycles. The van der Waals surface area contributed by atoms with Gasteiger partial charge in [-0.05, 0) is 44.4 Å². The molecule has 1 heterocycles. The number of fused-ring (bicyclic) bond motifs is 1. The molecule has 0 saturated heterocycles. The van der Waals surface area contributed by atoms with Gasteiger partial charge in [0.2, 0.25) is 0 Å². The Kier molecular flexibility index (Phi) is 4.96. The molecule has 5 nitrogen and oxygen atoms in total. The summed E-state index contributed by atoms with van der Waals surface area (Å²) in [4.78, 5) is 14.5. The fraction of sp³-hybridized carbons (Fsp3) is 0.588. The molecule has 1 aliphatic rings. The molecule has 122 valence electrons. The Morgan fingerprint density at radius 3 is 2.50 bits per heavy atom. The van der Waals surface area contributed by atoms with Crippen LogP contribution in [0.3, 0.4) is 0 Å². The topological polar surface area (TPSA) is 59.0 Å². The third-order valence-electron chi connectivity index (χ3n) is 3.68. The predicted octanol–water partition coefficient (Wildman–Crippen LogP) is 2.74. The summed E-state index contributed by atoms with van der Waals surface area (Å²) in [5.41, 5.74) is 1.37. The number of nitrogens with zero attached hydrogens (tertiary/aromatic N) is 1. The van der Waals surface area contributed by atoms with Gasteiger partial charge in [-0.25, -0.2) is 0 Å². The number of aliphatic hydroxyl groups excluding tert-OH is 1. The van der Waals surface area contributed by atoms with E-state index >= 15 is 0 Å². The summed E-state index contributed by atoms with van der Waals surface area (Å²) in [5.74, 6) is 1.18. The molecule has 1 unspecified atom stereocenters. The van der Waals surface area contributed by atoms with E-state index in [1.54, 1.807) is 17.0 Å². The second-order valence-electron chi connectivity index (χ2n) is 6.12. The number of hydrogen-bond donors (Lipinski definition) is 1. The number of benzene rings is 1. The largest absolute Gasteiger partial charge is 0.490 e. The Morgan fingerprint density at radius 1 is 1.32 bits per heavy atom. The van der Waals surface area contributed by atoms with Gasteiger partial charge in [0.05, 0.1) is 18.9 Å². The monoisotopic (exact) mass is 307 g/mol. The molecule has 5 heteroatoms. The van der Waals surface area contributed by atoms with Crippen LogP contribution in [0.15, 0.2) is 12.1 Å². The number of ether oxygens (including phenoxy) is 2. The van der Waals surface area contributed by atoms with E-state index in [-0.39, 0.29) is 24.5 Å². The number of amides is 1. The zero-order valence-electron chi connectivity index (χ0n) is 13.9. The predicted molar refractivity (Wildman–Crippen MR) is 85.4 cm³/mol. The summed E-state index contributed by atoms with van der Waals surface area (Å²) in [6.45, 7) is 10.1. The van der Waals surface area contributed by atoms with Gasteiger partial charge in [0, 0.05) is 6.04 Å². The molecule has 1 aromatic carbocycles. The quantitative estimate of drug-likeness (QED) is 0.908. The Labute approximate surface area is 131 Å². The molecule has 0 fully saturated rings. The molecule has 1 aliphatic heterocycles. The van der Waals surface area contributed by atoms with Crippen LogP contribution in [0.25, 0.3) is 0 Å². The number of aliphatic hydroxyl groups is 1. The van der Waals surface area contributed by atoms with Crippen molar-refractivity contribution in [2.24, 2.45) is 5.92 Å². The van der Waals surface area contributed by atoms with Gasteiger partial charge in [-0.2, -0.15) is 0 Å². The fourth-order valence-corrected chi connectivity index (χ4v) is 2.68. The Balaban J connectivity index is 2.62. The summed E-state index contributed by atoms with van der Waals surface area (Å²) >= 11 is 0. The molecule has 1 N–H and O–H groups in total. The Bertz CT molecular complexity index is 554. The molecular formula is C17H25NO4. The van der Waals surface area contributed by atoms with Crippen LogP contribution in [0, 0.1) is 5.92 Å². The van der Waals surface area contributed by atoms with Crippen molar-refractivity contribution in [3.63, 3.8) is 0 Å². The van der Waals surface area contributed by atoms with Crippen LogP contribution in [0.1, 0.15) is 40.2 Å². The summed E-state index contributed by atoms with van der Waals surface area (Å²) in [5, 5.41) is 9.46. The minimum Gasteiger partial charge on any atom is -0.490 e. The lowest BCUT2D eigenvalue weighted by Crippen LogP contribution is -2.51. The summed E-state index contributed by atoms with van der Waals surface area (Å²) in [6.07, 6.45) is -0.519. The van der Waals surface area contributed by atoms with Crippen molar-refractivity contribution in [1.82, 2.24) is 0 Å². The van der Waals surface area contributed by atoms with E-state index in [1.807, 2.05) is 34.6 Å². The number of carbonyl (C=O) groups excluding carboxylic acids is 1. The van der Waals surface area contributed by atoms with Gasteiger partial charge < -0.3 is 19.5 Å². The first kappa shape index (κ1) is 16.6. The van der Waals surface area contributed by atoms with Crippen molar-refractivity contribution in [3.05, 3.63) is 17.7 Å². The third-order valence-corrected chi connectivity index (χ3v) is 3.68. The normalized spacial score (nSPS) is 17.7. The van der Waals surface area contributed by atoms with Crippen LogP contribution >= 0.6 is 0 Å². The second-order valence-corrected chi connectivity index (χ2v) is 6.12. The van der Waals surface area contributed by atoms with Gasteiger partial charge in [0.25, 0.3) is 5.91 Å². The highest BCUT2D eigenvalue weighted by Crippen LogP contribution is 2.44. The first-order valence-electron chi connectivity index (χ1n) is 7.81. The van der Waals surface area contributed by atoms with Crippen molar-refractivity contribution in [1.29, 1.82) is 0 Å². The number of anilines is 1. The van der Waals surface area contributed by atoms with Crippen molar-refractivity contribution in [2.75, 3.05) is 11.5 Å². The first-order chi connectivity index (χ1) is 10.4. The van der Waals surface area contributed by atoms with Crippen molar-refractivity contribution in [3.8, 4) is 11.5 Å². The average Bonchev–Trinajstić information content (AvgIpc) is 2.45. The molecule has 22 heavy (non-hydrogen) atoms. The summed E-state index contributed by atoms with van der Waals surface area (Å²) in [7, 11) is 0. The standard InChI is InChI=1S/C17H25NO4/c1-6-21-14-8-12(9-19)7-13-16(14)22-15(10(2)3)17(20)18(13)11(4)5/h7-8,10-11,15,19H,6,9H2,1-5H3. The van der Waals surface area contributed by atoms with Gasteiger partial charge in [-0.3, -0.25) is 4.79 Å². The maximum atomic E-state index is 12.7. The van der Waals surface area contributed by atoms with Crippen LogP contribution in [-0.2, 0) is 11.4 Å². The van der Waals surface area contributed by atoms with Crippen molar-refractivity contribution in [2.45, 2.75) is 53.4 Å². The fourth-order valence-electron chi connectivity index (χ4n) is 2.68. The number of hydrogen-bond acceptors (Lipinski definition) is 4. The molecule has 1 atom stereocenters. The molecule has 0 saturated carbocycles. The summed E-state index contributed by atoms with van der Waals surface area (Å²) < 4.78 is 11.6. The zero-order chi connectivity index (χ0) is 16.4. The third kappa shape index (κ3) is 2.90. The minimum absolute atomic E-state index is 0.000167. The van der Waals surface area contributed by atoms with Gasteiger partial charge in [-0.15, -0.1) is 0 Å². The van der Waals surface area contributed by atoms with Gasteiger partial charge in [0.15, 0.2) is 17.6 Å². The van der Waals surface area contributed by atoms with E-state index in [0.29, 0.717) is 29.4 Å². The van der Waals surface area contributed by atoms with E-state index in [1.165, 1.54) is 0 Å². The van der Waals surface area contributed by atoms with E-state index in [0.717, 1.165) is 0 Å². The molecule has 1 aromatic rings. The van der Waals surface area contributed by atoms with Gasteiger partial charge in [0.1, 0.15) is 0 Å². The van der Waals surface area contributed by atoms with Gasteiger partial charge >= 0.3 is 0 Å². The minimum atomic E-state index is -0.519. The smallest absolute Gasteiger partial charge is 0.268 e. The Morgan fingerprint density at radius 2 is 2.00 bits per heavy atom. The van der Waals surface area contributed by atoms with Crippen molar-refractivity contribution >= 4 is 11.6 Å². The molecule has 0 radical (unpaired) electrons. The lowest BCUT2D eigenvalue weighted by molar-refractivity contribution is -0.128. The van der Waals surface area contributed by atoms with Crippen LogP contribution in [-0.4, -0.2) is 29.8 Å². The van der Waals surface area contributed by atoms with Crippen LogP contribution in [0.5, 0.6) is 11.5 Å². The lowest BCUT2D eigenvalue weighted by Gasteiger charge is -2.39. The molecule has 0 bridgehead atoms. The van der Waals surface area contributed by atoms with Crippen LogP contribution < -0.4 is 14.4 Å². The first-order valence-corrected chi connectivity index (χ1v) is 7.81. The highest BCUT2D eigenvalue weighted by Gasteiger charge is 2.39. The van der Waals surface area contributed by atoms with Crippen LogP contribution in [0.2, 0.25) is 0 Å². The van der Waals surface area contributed by atoms with Gasteiger partial charge in [-0.1, -0.05) is 13.8 Å². The average molecular weight is 307 g/mol. The number of carbonyl (C=O) groups is 1. The SMILES string of the molecule is CCOc1cc(CO)cc2c1OC(C(C)C)C(=O)N2C(C)C. The zero-order valence-corrected chi connectivity index (χ0v) is 13.9. The molecule has 0 spiro atoms. The van der Waals surface area contributed by atoms with E-state index in [2.05, 4.69) is 0 Å². The van der Waals surface area contributed by atoms with E-state index in [4.69, 9.17) is 9.47 Å². The second kappa shape index (κ2) is 6.57. The lowest BCUT2D eigenvalue weighted by atomic mass is 10.0. The molecule has 2 rings (SSSR count). The van der Waals surface area contributed by atoms with E-state index in [9.17, 15) is 9.90 Å². The summed E-state index contributed by atoms with van der Waals surface area (Å²) in [6, 6.07) is 3.57. The van der Waals surface area contributed by atoms with E-state index < -0.39 is 6.10 Å². The van der Waals surface area contributed by atoms with Crippen molar-refractivity contribution < 1.29 is 19.4 Å². The number of rotatable bonds is 5.